The van der Waals surface area contributed by atoms with Crippen molar-refractivity contribution >= 4 is 5.91 Å². The lowest BCUT2D eigenvalue weighted by Gasteiger charge is -2.25. The van der Waals surface area contributed by atoms with E-state index in [2.05, 4.69) is 45.1 Å². The molecule has 130 valence electrons. The number of hydrogen-bond donors (Lipinski definition) is 2. The summed E-state index contributed by atoms with van der Waals surface area (Å²) in [5.74, 6) is 5.97. The van der Waals surface area contributed by atoms with Crippen LogP contribution in [0.1, 0.15) is 25.1 Å². The van der Waals surface area contributed by atoms with E-state index in [1.54, 1.807) is 9.58 Å². The molecular weight excluding hydrogens is 318 g/mol. The van der Waals surface area contributed by atoms with Gasteiger partial charge in [0.05, 0.1) is 12.5 Å². The first-order valence-electron chi connectivity index (χ1n) is 8.33. The third-order valence-corrected chi connectivity index (χ3v) is 4.00. The third kappa shape index (κ3) is 4.21. The van der Waals surface area contributed by atoms with Crippen molar-refractivity contribution in [3.63, 3.8) is 0 Å². The molecule has 1 aromatic heterocycles. The van der Waals surface area contributed by atoms with Gasteiger partial charge in [0.1, 0.15) is 12.5 Å². The maximum absolute atomic E-state index is 13.0. The van der Waals surface area contributed by atoms with E-state index in [1.807, 2.05) is 30.3 Å². The summed E-state index contributed by atoms with van der Waals surface area (Å²) in [5, 5.41) is 11.2. The van der Waals surface area contributed by atoms with E-state index < -0.39 is 0 Å². The normalized spacial score (nSPS) is 19.2. The molecule has 0 saturated carbocycles. The third-order valence-electron chi connectivity index (χ3n) is 4.00. The number of carbonyl (C=O) groups excluding carboxylic acids is 1. The molecule has 0 aliphatic carbocycles. The molecule has 8 heteroatoms. The minimum absolute atomic E-state index is 0.0437. The first kappa shape index (κ1) is 17.1. The van der Waals surface area contributed by atoms with Crippen LogP contribution in [0.2, 0.25) is 0 Å². The molecular formula is C17H21N7O. The summed E-state index contributed by atoms with van der Waals surface area (Å²) in [6, 6.07) is 9.77. The van der Waals surface area contributed by atoms with Gasteiger partial charge in [-0.1, -0.05) is 37.0 Å². The highest BCUT2D eigenvalue weighted by molar-refractivity contribution is 5.80. The Labute approximate surface area is 146 Å². The van der Waals surface area contributed by atoms with Gasteiger partial charge in [0.2, 0.25) is 5.91 Å². The van der Waals surface area contributed by atoms with Gasteiger partial charge in [0.25, 0.3) is 0 Å². The highest BCUT2D eigenvalue weighted by Gasteiger charge is 2.37. The zero-order valence-electron chi connectivity index (χ0n) is 14.1. The molecule has 2 N–H and O–H groups in total. The predicted molar refractivity (Wildman–Crippen MR) is 91.7 cm³/mol. The zero-order chi connectivity index (χ0) is 17.5. The maximum Gasteiger partial charge on any atom is 0.231 e. The number of hydrogen-bond acceptors (Lipinski definition) is 6. The fraction of sp³-hybridized carbons (Fsp3) is 0.412. The van der Waals surface area contributed by atoms with Gasteiger partial charge in [-0.3, -0.25) is 10.2 Å². The maximum atomic E-state index is 13.0. The molecule has 0 spiro atoms. The van der Waals surface area contributed by atoms with Crippen molar-refractivity contribution < 1.29 is 4.79 Å². The average molecular weight is 339 g/mol. The van der Waals surface area contributed by atoms with E-state index in [1.165, 1.54) is 6.33 Å². The number of amides is 1. The number of tetrazole rings is 1. The van der Waals surface area contributed by atoms with Crippen molar-refractivity contribution in [3.8, 4) is 11.8 Å². The number of aromatic nitrogens is 4. The summed E-state index contributed by atoms with van der Waals surface area (Å²) in [7, 11) is 0. The molecule has 2 atom stereocenters. The first-order valence-corrected chi connectivity index (χ1v) is 8.33. The van der Waals surface area contributed by atoms with E-state index in [0.29, 0.717) is 19.6 Å². The standard InChI is InChI=1S/C17H21N7O/c1-2-10-23(11-6-9-14-7-4-3-5-8-14)17(25)15-12-18-20-16(15)24-13-19-21-22-24/h3-5,7-8,13,15-16,18,20H,2,10-12H2,1H3. The van der Waals surface area contributed by atoms with Gasteiger partial charge in [-0.05, 0) is 29.0 Å². The number of carbonyl (C=O) groups is 1. The Morgan fingerprint density at radius 1 is 1.40 bits per heavy atom. The SMILES string of the molecule is CCCN(CC#Cc1ccccc1)C(=O)C1CNNC1n1cnnn1. The lowest BCUT2D eigenvalue weighted by Crippen LogP contribution is -2.41. The average Bonchev–Trinajstić information content (AvgIpc) is 3.32. The summed E-state index contributed by atoms with van der Waals surface area (Å²) >= 11 is 0. The van der Waals surface area contributed by atoms with Crippen molar-refractivity contribution in [1.29, 1.82) is 0 Å². The second-order valence-electron chi connectivity index (χ2n) is 5.79. The van der Waals surface area contributed by atoms with E-state index >= 15 is 0 Å². The van der Waals surface area contributed by atoms with Crippen molar-refractivity contribution in [2.24, 2.45) is 5.92 Å². The van der Waals surface area contributed by atoms with Gasteiger partial charge >= 0.3 is 0 Å². The first-order chi connectivity index (χ1) is 12.3. The summed E-state index contributed by atoms with van der Waals surface area (Å²) in [5.41, 5.74) is 7.02. The zero-order valence-corrected chi connectivity index (χ0v) is 14.1. The quantitative estimate of drug-likeness (QED) is 0.756. The molecule has 25 heavy (non-hydrogen) atoms. The molecule has 1 aromatic carbocycles. The molecule has 1 aliphatic rings. The van der Waals surface area contributed by atoms with Crippen LogP contribution in [0, 0.1) is 17.8 Å². The van der Waals surface area contributed by atoms with Crippen LogP contribution in [0.5, 0.6) is 0 Å². The molecule has 0 radical (unpaired) electrons. The number of nitrogens with one attached hydrogen (secondary N) is 2. The molecule has 1 saturated heterocycles. The van der Waals surface area contributed by atoms with Gasteiger partial charge in [0, 0.05) is 18.7 Å². The smallest absolute Gasteiger partial charge is 0.231 e. The van der Waals surface area contributed by atoms with Gasteiger partial charge < -0.3 is 4.90 Å². The molecule has 8 nitrogen and oxygen atoms in total. The summed E-state index contributed by atoms with van der Waals surface area (Å²) < 4.78 is 1.56. The fourth-order valence-electron chi connectivity index (χ4n) is 2.78. The molecule has 2 unspecified atom stereocenters. The van der Waals surface area contributed by atoms with Gasteiger partial charge in [-0.25, -0.2) is 10.1 Å². The second kappa shape index (κ2) is 8.37. The summed E-state index contributed by atoms with van der Waals surface area (Å²) in [6.07, 6.45) is 2.08. The van der Waals surface area contributed by atoms with Crippen molar-refractivity contribution in [3.05, 3.63) is 42.2 Å². The lowest BCUT2D eigenvalue weighted by atomic mass is 10.1. The van der Waals surface area contributed by atoms with Crippen LogP contribution in [0.25, 0.3) is 0 Å². The molecule has 0 bridgehead atoms. The van der Waals surface area contributed by atoms with E-state index in [0.717, 1.165) is 12.0 Å². The van der Waals surface area contributed by atoms with E-state index in [9.17, 15) is 4.79 Å². The van der Waals surface area contributed by atoms with Crippen LogP contribution in [0.3, 0.4) is 0 Å². The molecule has 2 heterocycles. The molecule has 1 aliphatic heterocycles. The number of nitrogens with zero attached hydrogens (tertiary/aromatic N) is 5. The predicted octanol–water partition coefficient (Wildman–Crippen LogP) is 0.186. The van der Waals surface area contributed by atoms with Crippen LogP contribution in [-0.4, -0.2) is 50.6 Å². The Morgan fingerprint density at radius 2 is 2.24 bits per heavy atom. The van der Waals surface area contributed by atoms with Gasteiger partial charge in [0.15, 0.2) is 0 Å². The van der Waals surface area contributed by atoms with Crippen molar-refractivity contribution in [2.45, 2.75) is 19.5 Å². The molecule has 2 aromatic rings. The minimum atomic E-state index is -0.302. The van der Waals surface area contributed by atoms with E-state index in [4.69, 9.17) is 0 Å². The van der Waals surface area contributed by atoms with Crippen LogP contribution in [0.4, 0.5) is 0 Å². The second-order valence-corrected chi connectivity index (χ2v) is 5.79. The van der Waals surface area contributed by atoms with Crippen LogP contribution in [-0.2, 0) is 4.79 Å². The Balaban J connectivity index is 1.69. The summed E-state index contributed by atoms with van der Waals surface area (Å²) in [6.45, 7) is 3.64. The highest BCUT2D eigenvalue weighted by Crippen LogP contribution is 2.19. The Bertz CT molecular complexity index is 735. The Morgan fingerprint density at radius 3 is 2.96 bits per heavy atom. The largest absolute Gasteiger partial charge is 0.331 e. The van der Waals surface area contributed by atoms with Crippen molar-refractivity contribution in [2.75, 3.05) is 19.6 Å². The number of rotatable bonds is 5. The van der Waals surface area contributed by atoms with Crippen molar-refractivity contribution in [1.82, 2.24) is 36.0 Å². The number of hydrazine groups is 1. The van der Waals surface area contributed by atoms with Crippen LogP contribution >= 0.6 is 0 Å². The van der Waals surface area contributed by atoms with Crippen LogP contribution in [0.15, 0.2) is 36.7 Å². The lowest BCUT2D eigenvalue weighted by molar-refractivity contribution is -0.135. The monoisotopic (exact) mass is 339 g/mol. The molecule has 3 rings (SSSR count). The van der Waals surface area contributed by atoms with Gasteiger partial charge in [-0.15, -0.1) is 5.10 Å². The topological polar surface area (TPSA) is 88.0 Å². The Hall–Kier alpha value is -2.76. The Kier molecular flexibility index (Phi) is 5.72. The summed E-state index contributed by atoms with van der Waals surface area (Å²) in [4.78, 5) is 14.8. The highest BCUT2D eigenvalue weighted by atomic mass is 16.2. The molecule has 1 fully saturated rings. The van der Waals surface area contributed by atoms with E-state index in [-0.39, 0.29) is 18.0 Å². The van der Waals surface area contributed by atoms with Crippen LogP contribution < -0.4 is 10.9 Å². The minimum Gasteiger partial charge on any atom is -0.331 e. The number of benzene rings is 1. The van der Waals surface area contributed by atoms with Gasteiger partial charge in [-0.2, -0.15) is 0 Å². The molecule has 1 amide bonds. The fourth-order valence-corrected chi connectivity index (χ4v) is 2.78.